The SMILES string of the molecule is CCNC(=NCc1ncccc1F)NCCc1cccc(Cl)c1. The molecule has 0 atom stereocenters. The van der Waals surface area contributed by atoms with Gasteiger partial charge in [0, 0.05) is 24.3 Å². The summed E-state index contributed by atoms with van der Waals surface area (Å²) in [6.07, 6.45) is 2.39. The molecule has 0 saturated carbocycles. The number of rotatable bonds is 6. The molecule has 4 nitrogen and oxygen atoms in total. The van der Waals surface area contributed by atoms with Crippen LogP contribution in [0.15, 0.2) is 47.6 Å². The van der Waals surface area contributed by atoms with Crippen LogP contribution < -0.4 is 10.6 Å². The molecule has 122 valence electrons. The van der Waals surface area contributed by atoms with Gasteiger partial charge in [-0.1, -0.05) is 23.7 Å². The highest BCUT2D eigenvalue weighted by atomic mass is 35.5. The Bertz CT molecular complexity index is 661. The van der Waals surface area contributed by atoms with Crippen molar-refractivity contribution in [2.75, 3.05) is 13.1 Å². The zero-order valence-electron chi connectivity index (χ0n) is 13.0. The largest absolute Gasteiger partial charge is 0.357 e. The molecule has 0 unspecified atom stereocenters. The lowest BCUT2D eigenvalue weighted by Gasteiger charge is -2.11. The van der Waals surface area contributed by atoms with Crippen molar-refractivity contribution in [3.63, 3.8) is 0 Å². The van der Waals surface area contributed by atoms with E-state index in [1.54, 1.807) is 12.3 Å². The fraction of sp³-hybridized carbons (Fsp3) is 0.294. The molecule has 1 heterocycles. The Morgan fingerprint density at radius 1 is 1.26 bits per heavy atom. The highest BCUT2D eigenvalue weighted by Gasteiger charge is 2.03. The van der Waals surface area contributed by atoms with E-state index in [4.69, 9.17) is 11.6 Å². The summed E-state index contributed by atoms with van der Waals surface area (Å²) in [5.41, 5.74) is 1.48. The molecule has 0 aliphatic carbocycles. The Kier molecular flexibility index (Phi) is 6.81. The van der Waals surface area contributed by atoms with Crippen LogP contribution in [0.25, 0.3) is 0 Å². The van der Waals surface area contributed by atoms with Crippen LogP contribution in [0, 0.1) is 5.82 Å². The average Bonchev–Trinajstić information content (AvgIpc) is 2.54. The standard InChI is InChI=1S/C17H20ClFN4/c1-2-20-17(23-12-16-15(19)7-4-9-21-16)22-10-8-13-5-3-6-14(18)11-13/h3-7,9,11H,2,8,10,12H2,1H3,(H2,20,22,23). The first-order valence-electron chi connectivity index (χ1n) is 7.55. The topological polar surface area (TPSA) is 49.3 Å². The van der Waals surface area contributed by atoms with Crippen molar-refractivity contribution >= 4 is 17.6 Å². The Balaban J connectivity index is 1.90. The minimum absolute atomic E-state index is 0.194. The number of aliphatic imine (C=N–C) groups is 1. The third-order valence-corrected chi connectivity index (χ3v) is 3.40. The second-order valence-corrected chi connectivity index (χ2v) is 5.37. The van der Waals surface area contributed by atoms with Crippen LogP contribution in [-0.2, 0) is 13.0 Å². The first-order chi connectivity index (χ1) is 11.2. The summed E-state index contributed by atoms with van der Waals surface area (Å²) >= 11 is 5.97. The Morgan fingerprint density at radius 3 is 2.87 bits per heavy atom. The lowest BCUT2D eigenvalue weighted by atomic mass is 10.1. The molecule has 1 aromatic heterocycles. The van der Waals surface area contributed by atoms with Crippen LogP contribution in [0.4, 0.5) is 4.39 Å². The molecule has 0 aliphatic heterocycles. The monoisotopic (exact) mass is 334 g/mol. The van der Waals surface area contributed by atoms with Gasteiger partial charge in [0.1, 0.15) is 5.82 Å². The van der Waals surface area contributed by atoms with Gasteiger partial charge in [0.25, 0.3) is 0 Å². The second-order valence-electron chi connectivity index (χ2n) is 4.93. The molecule has 0 radical (unpaired) electrons. The molecule has 6 heteroatoms. The van der Waals surface area contributed by atoms with Gasteiger partial charge in [0.15, 0.2) is 5.96 Å². The number of hydrogen-bond donors (Lipinski definition) is 2. The third kappa shape index (κ3) is 5.87. The van der Waals surface area contributed by atoms with E-state index in [0.717, 1.165) is 23.6 Å². The van der Waals surface area contributed by atoms with Gasteiger partial charge in [0.2, 0.25) is 0 Å². The fourth-order valence-electron chi connectivity index (χ4n) is 2.05. The van der Waals surface area contributed by atoms with Crippen molar-refractivity contribution in [2.24, 2.45) is 4.99 Å². The van der Waals surface area contributed by atoms with Crippen LogP contribution in [0.3, 0.4) is 0 Å². The number of nitrogens with zero attached hydrogens (tertiary/aromatic N) is 2. The van der Waals surface area contributed by atoms with Crippen molar-refractivity contribution in [3.05, 3.63) is 64.7 Å². The van der Waals surface area contributed by atoms with E-state index in [0.29, 0.717) is 18.2 Å². The molecule has 0 spiro atoms. The molecule has 0 bridgehead atoms. The summed E-state index contributed by atoms with van der Waals surface area (Å²) in [5.74, 6) is 0.297. The third-order valence-electron chi connectivity index (χ3n) is 3.16. The van der Waals surface area contributed by atoms with Gasteiger partial charge in [0.05, 0.1) is 12.2 Å². The lowest BCUT2D eigenvalue weighted by molar-refractivity contribution is 0.599. The van der Waals surface area contributed by atoms with E-state index in [1.165, 1.54) is 6.07 Å². The van der Waals surface area contributed by atoms with Crippen LogP contribution in [0.1, 0.15) is 18.2 Å². The molecule has 0 amide bonds. The van der Waals surface area contributed by atoms with Gasteiger partial charge in [-0.15, -0.1) is 0 Å². The van der Waals surface area contributed by atoms with Crippen LogP contribution >= 0.6 is 11.6 Å². The van der Waals surface area contributed by atoms with Gasteiger partial charge in [-0.25, -0.2) is 9.38 Å². The number of hydrogen-bond acceptors (Lipinski definition) is 2. The minimum Gasteiger partial charge on any atom is -0.357 e. The average molecular weight is 335 g/mol. The Morgan fingerprint density at radius 2 is 2.13 bits per heavy atom. The number of halogens is 2. The van der Waals surface area contributed by atoms with Gasteiger partial charge in [-0.3, -0.25) is 4.98 Å². The van der Waals surface area contributed by atoms with Gasteiger partial charge in [-0.2, -0.15) is 0 Å². The smallest absolute Gasteiger partial charge is 0.191 e. The molecule has 23 heavy (non-hydrogen) atoms. The Hall–Kier alpha value is -2.14. The number of nitrogens with one attached hydrogen (secondary N) is 2. The van der Waals surface area contributed by atoms with Crippen molar-refractivity contribution in [1.29, 1.82) is 0 Å². The molecule has 2 rings (SSSR count). The van der Waals surface area contributed by atoms with Crippen LogP contribution in [0.5, 0.6) is 0 Å². The quantitative estimate of drug-likeness (QED) is 0.630. The molecule has 2 aromatic rings. The molecule has 0 saturated heterocycles. The fourth-order valence-corrected chi connectivity index (χ4v) is 2.26. The molecule has 0 fully saturated rings. The summed E-state index contributed by atoms with van der Waals surface area (Å²) in [6, 6.07) is 10.7. The normalized spacial score (nSPS) is 11.3. The zero-order valence-corrected chi connectivity index (χ0v) is 13.8. The minimum atomic E-state index is -0.342. The number of pyridine rings is 1. The summed E-state index contributed by atoms with van der Waals surface area (Å²) in [4.78, 5) is 8.35. The van der Waals surface area contributed by atoms with Crippen molar-refractivity contribution in [1.82, 2.24) is 15.6 Å². The van der Waals surface area contributed by atoms with Crippen LogP contribution in [0.2, 0.25) is 5.02 Å². The summed E-state index contributed by atoms with van der Waals surface area (Å²) in [6.45, 7) is 3.61. The first kappa shape index (κ1) is 17.2. The molecule has 0 aliphatic rings. The molecule has 1 aromatic carbocycles. The summed E-state index contributed by atoms with van der Waals surface area (Å²) in [5, 5.41) is 7.09. The maximum Gasteiger partial charge on any atom is 0.191 e. The van der Waals surface area contributed by atoms with Crippen molar-refractivity contribution in [3.8, 4) is 0 Å². The van der Waals surface area contributed by atoms with E-state index in [-0.39, 0.29) is 12.4 Å². The number of benzene rings is 1. The summed E-state index contributed by atoms with van der Waals surface area (Å²) in [7, 11) is 0. The van der Waals surface area contributed by atoms with E-state index in [9.17, 15) is 4.39 Å². The van der Waals surface area contributed by atoms with E-state index < -0.39 is 0 Å². The Labute approximate surface area is 140 Å². The maximum atomic E-state index is 13.6. The molecule has 2 N–H and O–H groups in total. The maximum absolute atomic E-state index is 13.6. The zero-order chi connectivity index (χ0) is 16.5. The highest BCUT2D eigenvalue weighted by Crippen LogP contribution is 2.10. The van der Waals surface area contributed by atoms with Gasteiger partial charge < -0.3 is 10.6 Å². The predicted octanol–water partition coefficient (Wildman–Crippen LogP) is 3.17. The summed E-state index contributed by atoms with van der Waals surface area (Å²) < 4.78 is 13.6. The van der Waals surface area contributed by atoms with Crippen molar-refractivity contribution < 1.29 is 4.39 Å². The highest BCUT2D eigenvalue weighted by molar-refractivity contribution is 6.30. The number of guanidine groups is 1. The van der Waals surface area contributed by atoms with E-state index in [1.807, 2.05) is 31.2 Å². The molecular formula is C17H20ClFN4. The van der Waals surface area contributed by atoms with E-state index in [2.05, 4.69) is 20.6 Å². The van der Waals surface area contributed by atoms with Crippen molar-refractivity contribution in [2.45, 2.75) is 19.9 Å². The van der Waals surface area contributed by atoms with Crippen LogP contribution in [-0.4, -0.2) is 24.0 Å². The predicted molar refractivity (Wildman–Crippen MR) is 92.2 cm³/mol. The molecular weight excluding hydrogens is 315 g/mol. The van der Waals surface area contributed by atoms with E-state index >= 15 is 0 Å². The van der Waals surface area contributed by atoms with Gasteiger partial charge in [-0.05, 0) is 43.2 Å². The lowest BCUT2D eigenvalue weighted by Crippen LogP contribution is -2.38. The number of aromatic nitrogens is 1. The first-order valence-corrected chi connectivity index (χ1v) is 7.93. The second kappa shape index (κ2) is 9.10. The van der Waals surface area contributed by atoms with Gasteiger partial charge >= 0.3 is 0 Å².